The standard InChI is InChI=1S/C8H19NO2/c1-4-7-10-8(5-2)11-9-6-3/h8-9H,4-7H2,1-3H3. The predicted molar refractivity (Wildman–Crippen MR) is 45.1 cm³/mol. The Hall–Kier alpha value is -0.120. The van der Waals surface area contributed by atoms with Crippen molar-refractivity contribution >= 4 is 0 Å². The van der Waals surface area contributed by atoms with Crippen LogP contribution in [0.5, 0.6) is 0 Å². The van der Waals surface area contributed by atoms with Crippen molar-refractivity contribution in [1.82, 2.24) is 5.48 Å². The van der Waals surface area contributed by atoms with Gasteiger partial charge >= 0.3 is 0 Å². The van der Waals surface area contributed by atoms with Gasteiger partial charge in [-0.05, 0) is 12.8 Å². The molecule has 0 aromatic rings. The Balaban J connectivity index is 3.25. The normalized spacial score (nSPS) is 13.4. The van der Waals surface area contributed by atoms with E-state index in [-0.39, 0.29) is 6.29 Å². The summed E-state index contributed by atoms with van der Waals surface area (Å²) in [7, 11) is 0. The average Bonchev–Trinajstić information content (AvgIpc) is 2.05. The van der Waals surface area contributed by atoms with E-state index < -0.39 is 0 Å². The van der Waals surface area contributed by atoms with Crippen molar-refractivity contribution in [3.63, 3.8) is 0 Å². The van der Waals surface area contributed by atoms with Gasteiger partial charge in [-0.3, -0.25) is 4.84 Å². The molecule has 1 atom stereocenters. The topological polar surface area (TPSA) is 30.5 Å². The maximum atomic E-state index is 5.36. The molecule has 0 heterocycles. The van der Waals surface area contributed by atoms with Crippen LogP contribution in [0.25, 0.3) is 0 Å². The predicted octanol–water partition coefficient (Wildman–Crippen LogP) is 1.69. The van der Waals surface area contributed by atoms with Crippen LogP contribution in [0.15, 0.2) is 0 Å². The fourth-order valence-electron chi connectivity index (χ4n) is 0.661. The summed E-state index contributed by atoms with van der Waals surface area (Å²) in [5, 5.41) is 0. The maximum absolute atomic E-state index is 5.36. The quantitative estimate of drug-likeness (QED) is 0.455. The zero-order chi connectivity index (χ0) is 8.53. The first-order valence-corrected chi connectivity index (χ1v) is 4.35. The molecule has 0 fully saturated rings. The molecule has 1 unspecified atom stereocenters. The third kappa shape index (κ3) is 6.28. The first-order valence-electron chi connectivity index (χ1n) is 4.35. The molecular weight excluding hydrogens is 142 g/mol. The molecule has 3 heteroatoms. The van der Waals surface area contributed by atoms with Crippen LogP contribution < -0.4 is 5.48 Å². The molecule has 0 bridgehead atoms. The monoisotopic (exact) mass is 161 g/mol. The van der Waals surface area contributed by atoms with Crippen molar-refractivity contribution < 1.29 is 9.57 Å². The van der Waals surface area contributed by atoms with Crippen LogP contribution in [0.3, 0.4) is 0 Å². The van der Waals surface area contributed by atoms with Gasteiger partial charge in [0.05, 0.1) is 0 Å². The third-order valence-electron chi connectivity index (χ3n) is 1.20. The van der Waals surface area contributed by atoms with Crippen molar-refractivity contribution in [2.75, 3.05) is 13.2 Å². The summed E-state index contributed by atoms with van der Waals surface area (Å²) in [4.78, 5) is 5.17. The molecule has 0 spiro atoms. The molecule has 0 aliphatic carbocycles. The van der Waals surface area contributed by atoms with Gasteiger partial charge in [-0.25, -0.2) is 0 Å². The van der Waals surface area contributed by atoms with Crippen molar-refractivity contribution in [3.05, 3.63) is 0 Å². The highest BCUT2D eigenvalue weighted by atomic mass is 16.8. The summed E-state index contributed by atoms with van der Waals surface area (Å²) in [5.74, 6) is 0. The minimum absolute atomic E-state index is 0.0881. The summed E-state index contributed by atoms with van der Waals surface area (Å²) in [6.45, 7) is 7.69. The van der Waals surface area contributed by atoms with E-state index in [9.17, 15) is 0 Å². The SMILES string of the molecule is CCCOC(CC)ONCC. The summed E-state index contributed by atoms with van der Waals surface area (Å²) < 4.78 is 5.36. The number of rotatable bonds is 7. The van der Waals surface area contributed by atoms with Gasteiger partial charge in [0.2, 0.25) is 0 Å². The summed E-state index contributed by atoms with van der Waals surface area (Å²) >= 11 is 0. The van der Waals surface area contributed by atoms with Crippen LogP contribution in [0.2, 0.25) is 0 Å². The lowest BCUT2D eigenvalue weighted by Crippen LogP contribution is -2.25. The van der Waals surface area contributed by atoms with Crippen LogP contribution in [0.1, 0.15) is 33.6 Å². The molecular formula is C8H19NO2. The lowest BCUT2D eigenvalue weighted by atomic mass is 10.4. The van der Waals surface area contributed by atoms with Gasteiger partial charge < -0.3 is 4.74 Å². The first kappa shape index (κ1) is 10.9. The molecule has 0 aliphatic heterocycles. The van der Waals surface area contributed by atoms with E-state index in [2.05, 4.69) is 12.4 Å². The first-order chi connectivity index (χ1) is 5.35. The van der Waals surface area contributed by atoms with E-state index in [1.165, 1.54) is 0 Å². The molecule has 0 aliphatic rings. The average molecular weight is 161 g/mol. The summed E-state index contributed by atoms with van der Waals surface area (Å²) in [5.41, 5.74) is 2.78. The zero-order valence-corrected chi connectivity index (χ0v) is 7.72. The molecule has 3 nitrogen and oxygen atoms in total. The van der Waals surface area contributed by atoms with E-state index in [1.54, 1.807) is 0 Å². The second-order valence-electron chi connectivity index (χ2n) is 2.32. The van der Waals surface area contributed by atoms with Crippen LogP contribution in [-0.4, -0.2) is 19.4 Å². The van der Waals surface area contributed by atoms with Crippen LogP contribution in [0, 0.1) is 0 Å². The van der Waals surface area contributed by atoms with Gasteiger partial charge in [0.1, 0.15) is 0 Å². The molecule has 0 aromatic carbocycles. The second kappa shape index (κ2) is 7.98. The fraction of sp³-hybridized carbons (Fsp3) is 1.00. The second-order valence-corrected chi connectivity index (χ2v) is 2.32. The van der Waals surface area contributed by atoms with Crippen molar-refractivity contribution in [2.24, 2.45) is 0 Å². The zero-order valence-electron chi connectivity index (χ0n) is 7.72. The summed E-state index contributed by atoms with van der Waals surface area (Å²) in [6, 6.07) is 0. The highest BCUT2D eigenvalue weighted by Crippen LogP contribution is 1.98. The van der Waals surface area contributed by atoms with E-state index in [0.29, 0.717) is 0 Å². The number of ether oxygens (including phenoxy) is 1. The minimum atomic E-state index is -0.0881. The van der Waals surface area contributed by atoms with Gasteiger partial charge in [-0.15, -0.1) is 0 Å². The Bertz CT molecular complexity index is 70.5. The molecule has 0 saturated heterocycles. The Labute approximate surface area is 69.0 Å². The molecule has 68 valence electrons. The van der Waals surface area contributed by atoms with Crippen LogP contribution >= 0.6 is 0 Å². The van der Waals surface area contributed by atoms with E-state index in [1.807, 2.05) is 13.8 Å². The smallest absolute Gasteiger partial charge is 0.176 e. The lowest BCUT2D eigenvalue weighted by Gasteiger charge is -2.15. The molecule has 0 amide bonds. The Morgan fingerprint density at radius 1 is 1.27 bits per heavy atom. The largest absolute Gasteiger partial charge is 0.351 e. The van der Waals surface area contributed by atoms with Crippen molar-refractivity contribution in [2.45, 2.75) is 39.9 Å². The summed E-state index contributed by atoms with van der Waals surface area (Å²) in [6.07, 6.45) is 1.83. The highest BCUT2D eigenvalue weighted by Gasteiger charge is 2.04. The van der Waals surface area contributed by atoms with Gasteiger partial charge in [-0.2, -0.15) is 5.48 Å². The Morgan fingerprint density at radius 2 is 2.00 bits per heavy atom. The Morgan fingerprint density at radius 3 is 2.45 bits per heavy atom. The van der Waals surface area contributed by atoms with E-state index in [0.717, 1.165) is 26.0 Å². The number of nitrogens with one attached hydrogen (secondary N) is 1. The molecule has 11 heavy (non-hydrogen) atoms. The fourth-order valence-corrected chi connectivity index (χ4v) is 0.661. The van der Waals surface area contributed by atoms with Crippen LogP contribution in [-0.2, 0) is 9.57 Å². The van der Waals surface area contributed by atoms with Gasteiger partial charge in [-0.1, -0.05) is 20.8 Å². The van der Waals surface area contributed by atoms with Gasteiger partial charge in [0.25, 0.3) is 0 Å². The lowest BCUT2D eigenvalue weighted by molar-refractivity contribution is -0.179. The molecule has 0 rings (SSSR count). The van der Waals surface area contributed by atoms with Crippen molar-refractivity contribution in [3.8, 4) is 0 Å². The third-order valence-corrected chi connectivity index (χ3v) is 1.20. The highest BCUT2D eigenvalue weighted by molar-refractivity contribution is 4.37. The van der Waals surface area contributed by atoms with E-state index in [4.69, 9.17) is 9.57 Å². The molecule has 0 aromatic heterocycles. The van der Waals surface area contributed by atoms with Crippen LogP contribution in [0.4, 0.5) is 0 Å². The number of hydroxylamine groups is 1. The maximum Gasteiger partial charge on any atom is 0.176 e. The van der Waals surface area contributed by atoms with Crippen molar-refractivity contribution in [1.29, 1.82) is 0 Å². The minimum Gasteiger partial charge on any atom is -0.351 e. The van der Waals surface area contributed by atoms with Gasteiger partial charge in [0, 0.05) is 13.2 Å². The molecule has 1 N–H and O–H groups in total. The molecule has 0 saturated carbocycles. The van der Waals surface area contributed by atoms with Gasteiger partial charge in [0.15, 0.2) is 6.29 Å². The Kier molecular flexibility index (Phi) is 7.89. The van der Waals surface area contributed by atoms with E-state index >= 15 is 0 Å². The molecule has 0 radical (unpaired) electrons. The number of hydrogen-bond donors (Lipinski definition) is 1. The number of hydrogen-bond acceptors (Lipinski definition) is 3.